The number of non-ortho nitro benzene ring substituents is 1. The first-order chi connectivity index (χ1) is 7.88. The van der Waals surface area contributed by atoms with Crippen LogP contribution in [0.1, 0.15) is 17.2 Å². The summed E-state index contributed by atoms with van der Waals surface area (Å²) in [6, 6.07) is 1.72. The van der Waals surface area contributed by atoms with Crippen LogP contribution in [0.4, 0.5) is 15.8 Å². The van der Waals surface area contributed by atoms with Crippen molar-refractivity contribution in [3.63, 3.8) is 0 Å². The van der Waals surface area contributed by atoms with Gasteiger partial charge in [-0.1, -0.05) is 0 Å². The van der Waals surface area contributed by atoms with Gasteiger partial charge in [-0.05, 0) is 12.5 Å². The van der Waals surface area contributed by atoms with E-state index in [0.717, 1.165) is 12.1 Å². The Bertz CT molecular complexity index is 477. The molecule has 7 nitrogen and oxygen atoms in total. The molecule has 8 heteroatoms. The van der Waals surface area contributed by atoms with Crippen LogP contribution >= 0.6 is 0 Å². The first-order valence-corrected chi connectivity index (χ1v) is 4.55. The summed E-state index contributed by atoms with van der Waals surface area (Å²) >= 11 is 0. The van der Waals surface area contributed by atoms with Gasteiger partial charge in [-0.3, -0.25) is 20.2 Å². The highest BCUT2D eigenvalue weighted by Crippen LogP contribution is 2.31. The normalized spacial score (nSPS) is 12.2. The summed E-state index contributed by atoms with van der Waals surface area (Å²) in [6.45, 7) is 0.134. The van der Waals surface area contributed by atoms with Crippen molar-refractivity contribution in [3.8, 4) is 0 Å². The zero-order chi connectivity index (χ0) is 13.2. The molecule has 1 atom stereocenters. The van der Waals surface area contributed by atoms with Gasteiger partial charge in [0.2, 0.25) is 0 Å². The van der Waals surface area contributed by atoms with E-state index in [1.165, 1.54) is 6.92 Å². The summed E-state index contributed by atoms with van der Waals surface area (Å²) in [5.74, 6) is 0. The summed E-state index contributed by atoms with van der Waals surface area (Å²) in [4.78, 5) is 19.6. The van der Waals surface area contributed by atoms with Crippen LogP contribution in [0.5, 0.6) is 0 Å². The number of benzene rings is 1. The molecule has 0 fully saturated rings. The molecule has 17 heavy (non-hydrogen) atoms. The Hall–Kier alpha value is -2.09. The number of halogens is 1. The first kappa shape index (κ1) is 13.0. The number of nitrogens with zero attached hydrogens (tertiary/aromatic N) is 2. The van der Waals surface area contributed by atoms with Gasteiger partial charge in [0.05, 0.1) is 15.9 Å². The third-order valence-electron chi connectivity index (χ3n) is 2.32. The molecule has 1 N–H and O–H groups in total. The number of aliphatic hydroxyl groups excluding tert-OH is 1. The summed E-state index contributed by atoms with van der Waals surface area (Å²) in [7, 11) is 0. The van der Waals surface area contributed by atoms with Crippen LogP contribution in [0.25, 0.3) is 0 Å². The number of nitro groups is 2. The van der Waals surface area contributed by atoms with Gasteiger partial charge in [-0.15, -0.1) is 0 Å². The highest BCUT2D eigenvalue weighted by molar-refractivity contribution is 5.53. The fraction of sp³-hybridized carbons (Fsp3) is 0.333. The van der Waals surface area contributed by atoms with Crippen molar-refractivity contribution in [2.75, 3.05) is 6.67 Å². The minimum atomic E-state index is -1.60. The van der Waals surface area contributed by atoms with Crippen molar-refractivity contribution in [2.24, 2.45) is 0 Å². The van der Waals surface area contributed by atoms with E-state index in [-0.39, 0.29) is 11.1 Å². The van der Waals surface area contributed by atoms with Crippen LogP contribution in [0.2, 0.25) is 0 Å². The van der Waals surface area contributed by atoms with Crippen LogP contribution in [-0.4, -0.2) is 21.6 Å². The van der Waals surface area contributed by atoms with E-state index in [1.807, 2.05) is 0 Å². The van der Waals surface area contributed by atoms with E-state index in [0.29, 0.717) is 0 Å². The highest BCUT2D eigenvalue weighted by Gasteiger charge is 2.24. The van der Waals surface area contributed by atoms with Crippen molar-refractivity contribution in [3.05, 3.63) is 43.5 Å². The van der Waals surface area contributed by atoms with Gasteiger partial charge in [0.15, 0.2) is 0 Å². The van der Waals surface area contributed by atoms with E-state index >= 15 is 0 Å². The molecular formula is C9H9FN2O5. The quantitative estimate of drug-likeness (QED) is 0.642. The van der Waals surface area contributed by atoms with Crippen molar-refractivity contribution in [1.29, 1.82) is 0 Å². The van der Waals surface area contributed by atoms with E-state index in [1.54, 1.807) is 0 Å². The number of hydrogen-bond acceptors (Lipinski definition) is 5. The maximum atomic E-state index is 12.3. The lowest BCUT2D eigenvalue weighted by atomic mass is 10.0. The molecule has 0 amide bonds. The second-order valence-electron chi connectivity index (χ2n) is 3.36. The van der Waals surface area contributed by atoms with Crippen molar-refractivity contribution >= 4 is 11.4 Å². The predicted molar refractivity (Wildman–Crippen MR) is 55.4 cm³/mol. The molecule has 0 aliphatic rings. The minimum Gasteiger partial charge on any atom is -0.386 e. The lowest BCUT2D eigenvalue weighted by molar-refractivity contribution is -0.394. The molecule has 1 aromatic carbocycles. The monoisotopic (exact) mass is 244 g/mol. The summed E-state index contributed by atoms with van der Waals surface area (Å²) in [5.41, 5.74) is -1.19. The number of nitro benzene ring substituents is 2. The van der Waals surface area contributed by atoms with Gasteiger partial charge < -0.3 is 5.11 Å². The Kier molecular flexibility index (Phi) is 3.69. The van der Waals surface area contributed by atoms with E-state index in [4.69, 9.17) is 0 Å². The SMILES string of the molecule is Cc1c(C(O)CF)cc([N+](=O)[O-])cc1[N+](=O)[O-]. The fourth-order valence-electron chi connectivity index (χ4n) is 1.43. The standard InChI is InChI=1S/C9H9FN2O5/c1-5-7(9(13)4-10)2-6(11(14)15)3-8(5)12(16)17/h2-3,9,13H,4H2,1H3. The summed E-state index contributed by atoms with van der Waals surface area (Å²) in [5, 5.41) is 30.5. The molecule has 0 aliphatic carbocycles. The fourth-order valence-corrected chi connectivity index (χ4v) is 1.43. The molecule has 0 aliphatic heterocycles. The molecule has 1 unspecified atom stereocenters. The Morgan fingerprint density at radius 1 is 1.35 bits per heavy atom. The van der Waals surface area contributed by atoms with Gasteiger partial charge in [0.25, 0.3) is 11.4 Å². The lowest BCUT2D eigenvalue weighted by Crippen LogP contribution is -2.06. The third-order valence-corrected chi connectivity index (χ3v) is 2.32. The molecule has 0 saturated carbocycles. The van der Waals surface area contributed by atoms with Crippen LogP contribution < -0.4 is 0 Å². The van der Waals surface area contributed by atoms with Crippen LogP contribution in [0.3, 0.4) is 0 Å². The zero-order valence-electron chi connectivity index (χ0n) is 8.79. The molecule has 1 rings (SSSR count). The molecule has 92 valence electrons. The van der Waals surface area contributed by atoms with Gasteiger partial charge in [0, 0.05) is 11.6 Å². The van der Waals surface area contributed by atoms with Crippen molar-refractivity contribution < 1.29 is 19.3 Å². The number of hydrogen-bond donors (Lipinski definition) is 1. The van der Waals surface area contributed by atoms with Crippen molar-refractivity contribution in [1.82, 2.24) is 0 Å². The predicted octanol–water partition coefficient (Wildman–Crippen LogP) is 1.81. The molecule has 0 saturated heterocycles. The third kappa shape index (κ3) is 2.53. The zero-order valence-corrected chi connectivity index (χ0v) is 8.79. The minimum absolute atomic E-state index is 0.0192. The van der Waals surface area contributed by atoms with Crippen LogP contribution in [-0.2, 0) is 0 Å². The molecule has 0 radical (unpaired) electrons. The molecule has 0 spiro atoms. The van der Waals surface area contributed by atoms with E-state index < -0.39 is 34.0 Å². The lowest BCUT2D eigenvalue weighted by Gasteiger charge is -2.10. The Labute approximate surface area is 94.8 Å². The van der Waals surface area contributed by atoms with Gasteiger partial charge in [0.1, 0.15) is 12.8 Å². The molecule has 0 bridgehead atoms. The number of aliphatic hydroxyl groups is 1. The summed E-state index contributed by atoms with van der Waals surface area (Å²) in [6.07, 6.45) is -1.60. The maximum absolute atomic E-state index is 12.3. The van der Waals surface area contributed by atoms with Crippen LogP contribution in [0.15, 0.2) is 12.1 Å². The topological polar surface area (TPSA) is 107 Å². The van der Waals surface area contributed by atoms with Gasteiger partial charge in [-0.2, -0.15) is 0 Å². The average Bonchev–Trinajstić information content (AvgIpc) is 2.27. The average molecular weight is 244 g/mol. The van der Waals surface area contributed by atoms with Gasteiger partial charge >= 0.3 is 0 Å². The largest absolute Gasteiger partial charge is 0.386 e. The van der Waals surface area contributed by atoms with Gasteiger partial charge in [-0.25, -0.2) is 4.39 Å². The van der Waals surface area contributed by atoms with E-state index in [9.17, 15) is 29.7 Å². The molecule has 1 aromatic rings. The first-order valence-electron chi connectivity index (χ1n) is 4.55. The van der Waals surface area contributed by atoms with E-state index in [2.05, 4.69) is 0 Å². The molecule has 0 heterocycles. The number of rotatable bonds is 4. The molecule has 0 aromatic heterocycles. The highest BCUT2D eigenvalue weighted by atomic mass is 19.1. The number of alkyl halides is 1. The smallest absolute Gasteiger partial charge is 0.279 e. The summed E-state index contributed by atoms with van der Waals surface area (Å²) < 4.78 is 12.3. The Morgan fingerprint density at radius 2 is 1.94 bits per heavy atom. The maximum Gasteiger partial charge on any atom is 0.279 e. The molecular weight excluding hydrogens is 235 g/mol. The van der Waals surface area contributed by atoms with Crippen molar-refractivity contribution in [2.45, 2.75) is 13.0 Å². The van der Waals surface area contributed by atoms with Crippen LogP contribution in [0, 0.1) is 27.2 Å². The second-order valence-corrected chi connectivity index (χ2v) is 3.36. The Morgan fingerprint density at radius 3 is 2.35 bits per heavy atom. The second kappa shape index (κ2) is 4.83. The Balaban J connectivity index is 3.48.